The van der Waals surface area contributed by atoms with E-state index in [-0.39, 0.29) is 5.91 Å². The molecule has 1 aliphatic rings. The minimum Gasteiger partial charge on any atom is -0.497 e. The number of carbonyl (C=O) groups is 2. The number of hydrogen-bond acceptors (Lipinski definition) is 4. The summed E-state index contributed by atoms with van der Waals surface area (Å²) in [6.45, 7) is 6.51. The van der Waals surface area contributed by atoms with Gasteiger partial charge in [0.2, 0.25) is 5.91 Å². The van der Waals surface area contributed by atoms with Gasteiger partial charge in [-0.25, -0.2) is 0 Å². The predicted molar refractivity (Wildman–Crippen MR) is 98.8 cm³/mol. The number of nitrogens with zero attached hydrogens (tertiary/aromatic N) is 2. The molecule has 1 aromatic carbocycles. The van der Waals surface area contributed by atoms with Crippen molar-refractivity contribution in [1.29, 1.82) is 0 Å². The highest BCUT2D eigenvalue weighted by Gasteiger charge is 2.27. The summed E-state index contributed by atoms with van der Waals surface area (Å²) >= 11 is 0. The van der Waals surface area contributed by atoms with Crippen molar-refractivity contribution in [3.63, 3.8) is 0 Å². The lowest BCUT2D eigenvalue weighted by atomic mass is 10.0. The van der Waals surface area contributed by atoms with Crippen LogP contribution in [0.4, 0.5) is 0 Å². The molecule has 0 bridgehead atoms. The number of hydrogen-bond donors (Lipinski definition) is 0. The van der Waals surface area contributed by atoms with Gasteiger partial charge in [-0.2, -0.15) is 0 Å². The van der Waals surface area contributed by atoms with Crippen LogP contribution < -0.4 is 4.74 Å². The van der Waals surface area contributed by atoms with Crippen molar-refractivity contribution in [3.8, 4) is 5.75 Å². The van der Waals surface area contributed by atoms with Crippen LogP contribution in [0.1, 0.15) is 38.7 Å². The zero-order chi connectivity index (χ0) is 18.2. The normalized spacial score (nSPS) is 18.2. The number of Topliss-reactive ketones (excluding diaryl/α,β-unsaturated/α-hetero) is 1. The monoisotopic (exact) mass is 346 g/mol. The van der Waals surface area contributed by atoms with Crippen LogP contribution in [-0.4, -0.2) is 60.8 Å². The first-order valence-electron chi connectivity index (χ1n) is 9.17. The van der Waals surface area contributed by atoms with Crippen molar-refractivity contribution in [1.82, 2.24) is 9.80 Å². The number of amides is 1. The van der Waals surface area contributed by atoms with Gasteiger partial charge in [0.05, 0.1) is 13.7 Å². The molecule has 1 atom stereocenters. The molecule has 1 saturated heterocycles. The van der Waals surface area contributed by atoms with E-state index in [1.807, 2.05) is 17.0 Å². The number of rotatable bonds is 8. The summed E-state index contributed by atoms with van der Waals surface area (Å²) < 4.78 is 5.16. The Hall–Kier alpha value is -1.88. The van der Waals surface area contributed by atoms with Crippen molar-refractivity contribution in [2.24, 2.45) is 0 Å². The van der Waals surface area contributed by atoms with Gasteiger partial charge in [-0.05, 0) is 37.0 Å². The molecule has 0 radical (unpaired) electrons. The van der Waals surface area contributed by atoms with Crippen molar-refractivity contribution >= 4 is 11.7 Å². The molecule has 2 rings (SSSR count). The Morgan fingerprint density at radius 2 is 1.92 bits per heavy atom. The third-order valence-corrected chi connectivity index (χ3v) is 4.98. The average Bonchev–Trinajstić information content (AvgIpc) is 2.62. The molecule has 1 amide bonds. The van der Waals surface area contributed by atoms with Crippen LogP contribution in [0, 0.1) is 0 Å². The molecule has 1 fully saturated rings. The van der Waals surface area contributed by atoms with Gasteiger partial charge in [-0.3, -0.25) is 14.5 Å². The number of ether oxygens (including phenoxy) is 1. The van der Waals surface area contributed by atoms with Crippen molar-refractivity contribution in [2.75, 3.05) is 33.3 Å². The van der Waals surface area contributed by atoms with Gasteiger partial charge in [0.15, 0.2) is 0 Å². The van der Waals surface area contributed by atoms with E-state index < -0.39 is 0 Å². The number of methoxy groups -OCH3 is 1. The molecule has 0 aromatic heterocycles. The van der Waals surface area contributed by atoms with Gasteiger partial charge in [0.25, 0.3) is 0 Å². The lowest BCUT2D eigenvalue weighted by Gasteiger charge is -2.40. The van der Waals surface area contributed by atoms with E-state index in [9.17, 15) is 9.59 Å². The maximum Gasteiger partial charge on any atom is 0.219 e. The van der Waals surface area contributed by atoms with Crippen molar-refractivity contribution in [2.45, 2.75) is 45.6 Å². The van der Waals surface area contributed by atoms with Gasteiger partial charge in [0, 0.05) is 39.0 Å². The molecule has 0 aliphatic carbocycles. The number of carbonyl (C=O) groups excluding carboxylic acids is 2. The molecule has 5 nitrogen and oxygen atoms in total. The van der Waals surface area contributed by atoms with Crippen LogP contribution in [0.5, 0.6) is 5.75 Å². The van der Waals surface area contributed by atoms with E-state index in [1.165, 1.54) is 5.56 Å². The summed E-state index contributed by atoms with van der Waals surface area (Å²) in [4.78, 5) is 28.0. The van der Waals surface area contributed by atoms with Crippen molar-refractivity contribution < 1.29 is 14.3 Å². The zero-order valence-corrected chi connectivity index (χ0v) is 15.7. The Morgan fingerprint density at radius 3 is 2.52 bits per heavy atom. The number of aryl methyl sites for hydroxylation is 1. The minimum absolute atomic E-state index is 0.129. The third kappa shape index (κ3) is 5.85. The minimum atomic E-state index is 0.129. The second-order valence-electron chi connectivity index (χ2n) is 6.74. The maximum absolute atomic E-state index is 12.3. The second kappa shape index (κ2) is 9.56. The van der Waals surface area contributed by atoms with E-state index in [0.717, 1.165) is 44.6 Å². The zero-order valence-electron chi connectivity index (χ0n) is 15.7. The molecule has 1 aliphatic heterocycles. The number of benzene rings is 1. The van der Waals surface area contributed by atoms with Crippen LogP contribution in [0.3, 0.4) is 0 Å². The highest BCUT2D eigenvalue weighted by atomic mass is 16.5. The van der Waals surface area contributed by atoms with Gasteiger partial charge >= 0.3 is 0 Å². The Labute approximate surface area is 150 Å². The van der Waals surface area contributed by atoms with Gasteiger partial charge in [0.1, 0.15) is 11.5 Å². The first-order valence-corrected chi connectivity index (χ1v) is 9.17. The summed E-state index contributed by atoms with van der Waals surface area (Å²) in [5.74, 6) is 1.28. The van der Waals surface area contributed by atoms with Crippen LogP contribution >= 0.6 is 0 Å². The molecule has 138 valence electrons. The Kier molecular flexibility index (Phi) is 7.44. The molecular formula is C20H30N2O3. The molecule has 1 unspecified atom stereocenters. The second-order valence-corrected chi connectivity index (χ2v) is 6.74. The van der Waals surface area contributed by atoms with Gasteiger partial charge < -0.3 is 9.64 Å². The Morgan fingerprint density at radius 1 is 1.20 bits per heavy atom. The molecule has 0 saturated carbocycles. The van der Waals surface area contributed by atoms with Crippen LogP contribution in [-0.2, 0) is 16.0 Å². The van der Waals surface area contributed by atoms with Crippen LogP contribution in [0.25, 0.3) is 0 Å². The number of ketones is 1. The molecule has 25 heavy (non-hydrogen) atoms. The molecule has 5 heteroatoms. The summed E-state index contributed by atoms with van der Waals surface area (Å²) in [7, 11) is 1.66. The highest BCUT2D eigenvalue weighted by Crippen LogP contribution is 2.15. The smallest absolute Gasteiger partial charge is 0.219 e. The SMILES string of the molecule is CCC1CN(C(C)=O)CCN1CC(=O)CCCc1ccc(OC)cc1. The molecular weight excluding hydrogens is 316 g/mol. The first kappa shape index (κ1) is 19.4. The lowest BCUT2D eigenvalue weighted by molar-refractivity contribution is -0.132. The Bertz CT molecular complexity index is 571. The fourth-order valence-corrected chi connectivity index (χ4v) is 3.36. The van der Waals surface area contributed by atoms with E-state index in [2.05, 4.69) is 24.0 Å². The third-order valence-electron chi connectivity index (χ3n) is 4.98. The molecule has 1 aromatic rings. The van der Waals surface area contributed by atoms with Crippen molar-refractivity contribution in [3.05, 3.63) is 29.8 Å². The Balaban J connectivity index is 1.74. The molecule has 0 spiro atoms. The average molecular weight is 346 g/mol. The molecule has 0 N–H and O–H groups in total. The van der Waals surface area contributed by atoms with E-state index in [4.69, 9.17) is 4.74 Å². The summed E-state index contributed by atoms with van der Waals surface area (Å²) in [6, 6.07) is 8.31. The highest BCUT2D eigenvalue weighted by molar-refractivity contribution is 5.80. The first-order chi connectivity index (χ1) is 12.0. The molecule has 1 heterocycles. The number of piperazine rings is 1. The quantitative estimate of drug-likeness (QED) is 0.726. The standard InChI is InChI=1S/C20H30N2O3/c1-4-18-14-21(16(2)23)12-13-22(18)15-19(24)7-5-6-17-8-10-20(25-3)11-9-17/h8-11,18H,4-7,12-15H2,1-3H3. The maximum atomic E-state index is 12.3. The lowest BCUT2D eigenvalue weighted by Crippen LogP contribution is -2.55. The van der Waals surface area contributed by atoms with E-state index in [0.29, 0.717) is 24.8 Å². The predicted octanol–water partition coefficient (Wildman–Crippen LogP) is 2.53. The van der Waals surface area contributed by atoms with Crippen LogP contribution in [0.15, 0.2) is 24.3 Å². The van der Waals surface area contributed by atoms with Crippen LogP contribution in [0.2, 0.25) is 0 Å². The fraction of sp³-hybridized carbons (Fsp3) is 0.600. The summed E-state index contributed by atoms with van der Waals surface area (Å²) in [5.41, 5.74) is 1.23. The largest absolute Gasteiger partial charge is 0.497 e. The fourth-order valence-electron chi connectivity index (χ4n) is 3.36. The van der Waals surface area contributed by atoms with Gasteiger partial charge in [-0.1, -0.05) is 19.1 Å². The summed E-state index contributed by atoms with van der Waals surface area (Å²) in [5, 5.41) is 0. The summed E-state index contributed by atoms with van der Waals surface area (Å²) in [6.07, 6.45) is 3.35. The van der Waals surface area contributed by atoms with E-state index >= 15 is 0 Å². The van der Waals surface area contributed by atoms with Gasteiger partial charge in [-0.15, -0.1) is 0 Å². The topological polar surface area (TPSA) is 49.9 Å². The van der Waals surface area contributed by atoms with E-state index in [1.54, 1.807) is 14.0 Å².